The van der Waals surface area contributed by atoms with Gasteiger partial charge in [0.1, 0.15) is 0 Å². The molecule has 14 heavy (non-hydrogen) atoms. The van der Waals surface area contributed by atoms with E-state index < -0.39 is 11.8 Å². The van der Waals surface area contributed by atoms with Gasteiger partial charge >= 0.3 is 0 Å². The molecule has 3 amide bonds. The largest absolute Gasteiger partial charge is 0.273 e. The van der Waals surface area contributed by atoms with Crippen molar-refractivity contribution in [3.05, 3.63) is 0 Å². The van der Waals surface area contributed by atoms with Crippen LogP contribution in [0.15, 0.2) is 0 Å². The maximum atomic E-state index is 11.3. The zero-order chi connectivity index (χ0) is 11.1. The van der Waals surface area contributed by atoms with Gasteiger partial charge in [0.05, 0.1) is 0 Å². The molecule has 0 atom stereocenters. The van der Waals surface area contributed by atoms with Gasteiger partial charge in [-0.25, -0.2) is 0 Å². The summed E-state index contributed by atoms with van der Waals surface area (Å²) in [7, 11) is 0. The highest BCUT2D eigenvalue weighted by molar-refractivity contribution is 5.96. The van der Waals surface area contributed by atoms with Crippen LogP contribution in [0.4, 0.5) is 0 Å². The van der Waals surface area contributed by atoms with Crippen LogP contribution in [0.3, 0.4) is 0 Å². The molecule has 0 aliphatic carbocycles. The second-order valence-electron chi connectivity index (χ2n) is 2.72. The van der Waals surface area contributed by atoms with Gasteiger partial charge in [0.25, 0.3) is 0 Å². The van der Waals surface area contributed by atoms with Crippen LogP contribution in [0.2, 0.25) is 0 Å². The Kier molecular flexibility index (Phi) is 5.52. The number of imide groups is 1. The van der Waals surface area contributed by atoms with Crippen LogP contribution in [0.25, 0.3) is 0 Å². The Labute approximate surface area is 83.4 Å². The van der Waals surface area contributed by atoms with Crippen LogP contribution in [-0.4, -0.2) is 22.7 Å². The first kappa shape index (κ1) is 12.6. The second-order valence-corrected chi connectivity index (χ2v) is 2.72. The molecule has 0 aromatic carbocycles. The van der Waals surface area contributed by atoms with Crippen molar-refractivity contribution in [2.24, 2.45) is 0 Å². The monoisotopic (exact) mass is 200 g/mol. The fourth-order valence-electron chi connectivity index (χ4n) is 0.784. The van der Waals surface area contributed by atoms with Crippen molar-refractivity contribution in [1.82, 2.24) is 10.4 Å². The molecular weight excluding hydrogens is 184 g/mol. The molecule has 0 aromatic rings. The molecule has 0 rings (SSSR count). The van der Waals surface area contributed by atoms with E-state index in [1.54, 1.807) is 20.8 Å². The van der Waals surface area contributed by atoms with E-state index in [1.807, 2.05) is 0 Å². The first-order chi connectivity index (χ1) is 6.56. The zero-order valence-electron chi connectivity index (χ0n) is 8.79. The molecule has 0 aliphatic heterocycles. The summed E-state index contributed by atoms with van der Waals surface area (Å²) >= 11 is 0. The number of carbonyl (C=O) groups is 3. The minimum absolute atomic E-state index is 0.190. The third-order valence-electron chi connectivity index (χ3n) is 1.66. The molecule has 0 radical (unpaired) electrons. The summed E-state index contributed by atoms with van der Waals surface area (Å²) in [6.07, 6.45) is 0.621. The van der Waals surface area contributed by atoms with Crippen LogP contribution in [0, 0.1) is 0 Å². The van der Waals surface area contributed by atoms with Crippen LogP contribution in [0.5, 0.6) is 0 Å². The van der Waals surface area contributed by atoms with Gasteiger partial charge in [-0.1, -0.05) is 20.8 Å². The van der Waals surface area contributed by atoms with Crippen molar-refractivity contribution in [2.75, 3.05) is 0 Å². The van der Waals surface area contributed by atoms with Gasteiger partial charge in [-0.15, -0.1) is 0 Å². The molecule has 5 heteroatoms. The van der Waals surface area contributed by atoms with E-state index in [0.29, 0.717) is 0 Å². The summed E-state index contributed by atoms with van der Waals surface area (Å²) in [4.78, 5) is 33.5. The number of nitrogens with zero attached hydrogens (tertiary/aromatic N) is 1. The van der Waals surface area contributed by atoms with Gasteiger partial charge < -0.3 is 0 Å². The number of rotatable bonds is 3. The van der Waals surface area contributed by atoms with Crippen LogP contribution in [0.1, 0.15) is 40.0 Å². The maximum absolute atomic E-state index is 11.3. The van der Waals surface area contributed by atoms with Crippen molar-refractivity contribution in [3.8, 4) is 0 Å². The summed E-state index contributed by atoms with van der Waals surface area (Å²) in [6, 6.07) is 0. The van der Waals surface area contributed by atoms with E-state index in [0.717, 1.165) is 5.01 Å². The minimum Gasteiger partial charge on any atom is -0.273 e. The van der Waals surface area contributed by atoms with Crippen molar-refractivity contribution in [1.29, 1.82) is 0 Å². The zero-order valence-corrected chi connectivity index (χ0v) is 8.79. The first-order valence-electron chi connectivity index (χ1n) is 4.72. The van der Waals surface area contributed by atoms with Crippen molar-refractivity contribution in [3.63, 3.8) is 0 Å². The quantitative estimate of drug-likeness (QED) is 0.678. The van der Waals surface area contributed by atoms with Gasteiger partial charge in [0.2, 0.25) is 17.7 Å². The molecule has 0 saturated carbocycles. The smallest absolute Gasteiger partial charge is 0.247 e. The highest BCUT2D eigenvalue weighted by Gasteiger charge is 2.19. The number of hydrogen-bond acceptors (Lipinski definition) is 3. The Morgan fingerprint density at radius 3 is 1.64 bits per heavy atom. The van der Waals surface area contributed by atoms with E-state index in [2.05, 4.69) is 5.43 Å². The summed E-state index contributed by atoms with van der Waals surface area (Å²) in [5.74, 6) is -1.12. The Morgan fingerprint density at radius 2 is 1.36 bits per heavy atom. The van der Waals surface area contributed by atoms with Crippen LogP contribution in [-0.2, 0) is 14.4 Å². The topological polar surface area (TPSA) is 66.5 Å². The first-order valence-corrected chi connectivity index (χ1v) is 4.72. The van der Waals surface area contributed by atoms with E-state index in [4.69, 9.17) is 0 Å². The Bertz CT molecular complexity index is 222. The van der Waals surface area contributed by atoms with Crippen molar-refractivity contribution in [2.45, 2.75) is 40.0 Å². The van der Waals surface area contributed by atoms with Gasteiger partial charge in [-0.3, -0.25) is 19.8 Å². The second kappa shape index (κ2) is 6.12. The highest BCUT2D eigenvalue weighted by atomic mass is 16.2. The Balaban J connectivity index is 4.48. The SMILES string of the molecule is CCC(=O)NN(C(=O)CC)C(=O)CC. The Hall–Kier alpha value is -1.39. The minimum atomic E-state index is -0.390. The fraction of sp³-hybridized carbons (Fsp3) is 0.667. The summed E-state index contributed by atoms with van der Waals surface area (Å²) in [5, 5.41) is 0.797. The standard InChI is InChI=1S/C9H16N2O3/c1-4-7(12)10-11(8(13)5-2)9(14)6-3/h4-6H2,1-3H3,(H,10,12). The maximum Gasteiger partial charge on any atom is 0.247 e. The number of carbonyl (C=O) groups excluding carboxylic acids is 3. The lowest BCUT2D eigenvalue weighted by atomic mass is 10.4. The van der Waals surface area contributed by atoms with Gasteiger partial charge in [0, 0.05) is 19.3 Å². The van der Waals surface area contributed by atoms with Gasteiger partial charge in [-0.2, -0.15) is 5.01 Å². The third-order valence-corrected chi connectivity index (χ3v) is 1.66. The lowest BCUT2D eigenvalue weighted by Gasteiger charge is -2.19. The molecule has 80 valence electrons. The fourth-order valence-corrected chi connectivity index (χ4v) is 0.784. The lowest BCUT2D eigenvalue weighted by molar-refractivity contribution is -0.153. The van der Waals surface area contributed by atoms with E-state index in [-0.39, 0.29) is 25.2 Å². The molecular formula is C9H16N2O3. The number of hydrogen-bond donors (Lipinski definition) is 1. The average molecular weight is 200 g/mol. The van der Waals surface area contributed by atoms with E-state index in [9.17, 15) is 14.4 Å². The lowest BCUT2D eigenvalue weighted by Crippen LogP contribution is -2.49. The molecule has 0 unspecified atom stereocenters. The highest BCUT2D eigenvalue weighted by Crippen LogP contribution is 1.95. The third kappa shape index (κ3) is 3.55. The van der Waals surface area contributed by atoms with Crippen LogP contribution >= 0.6 is 0 Å². The van der Waals surface area contributed by atoms with Crippen molar-refractivity contribution < 1.29 is 14.4 Å². The number of nitrogens with one attached hydrogen (secondary N) is 1. The summed E-state index contributed by atoms with van der Waals surface area (Å²) < 4.78 is 0. The van der Waals surface area contributed by atoms with Gasteiger partial charge in [0.15, 0.2) is 0 Å². The number of hydrazine groups is 1. The molecule has 0 aromatic heterocycles. The molecule has 5 nitrogen and oxygen atoms in total. The predicted molar refractivity (Wildman–Crippen MR) is 50.9 cm³/mol. The Morgan fingerprint density at radius 1 is 0.929 bits per heavy atom. The molecule has 0 fully saturated rings. The average Bonchev–Trinajstić information content (AvgIpc) is 2.23. The van der Waals surface area contributed by atoms with Crippen LogP contribution < -0.4 is 5.43 Å². The molecule has 0 saturated heterocycles. The molecule has 0 spiro atoms. The molecule has 0 heterocycles. The number of amides is 3. The summed E-state index contributed by atoms with van der Waals surface area (Å²) in [6.45, 7) is 4.92. The molecule has 0 aliphatic rings. The normalized spacial score (nSPS) is 9.36. The van der Waals surface area contributed by atoms with Gasteiger partial charge in [-0.05, 0) is 0 Å². The van der Waals surface area contributed by atoms with E-state index >= 15 is 0 Å². The molecule has 0 bridgehead atoms. The van der Waals surface area contributed by atoms with Crippen molar-refractivity contribution >= 4 is 17.7 Å². The van der Waals surface area contributed by atoms with E-state index in [1.165, 1.54) is 0 Å². The predicted octanol–water partition coefficient (Wildman–Crippen LogP) is 0.603. The summed E-state index contributed by atoms with van der Waals surface area (Å²) in [5.41, 5.74) is 2.26. The molecule has 1 N–H and O–H groups in total.